The summed E-state index contributed by atoms with van der Waals surface area (Å²) >= 11 is 3.22. The number of aromatic nitrogens is 1. The van der Waals surface area contributed by atoms with E-state index in [0.717, 1.165) is 11.6 Å². The van der Waals surface area contributed by atoms with Gasteiger partial charge in [0.05, 0.1) is 23.5 Å². The van der Waals surface area contributed by atoms with E-state index in [1.807, 2.05) is 13.0 Å². The Bertz CT molecular complexity index is 776. The average Bonchev–Trinajstić information content (AvgIpc) is 2.67. The minimum absolute atomic E-state index is 0.0838. The van der Waals surface area contributed by atoms with E-state index in [1.54, 1.807) is 12.3 Å². The number of carbonyl (C=O) groups is 2. The number of pyridine rings is 1. The van der Waals surface area contributed by atoms with Crippen LogP contribution >= 0.6 is 15.9 Å². The number of aryl methyl sites for hydroxylation is 1. The van der Waals surface area contributed by atoms with Gasteiger partial charge in [-0.05, 0) is 46.6 Å². The van der Waals surface area contributed by atoms with E-state index in [1.165, 1.54) is 11.0 Å². The van der Waals surface area contributed by atoms with Crippen LogP contribution in [0.3, 0.4) is 0 Å². The summed E-state index contributed by atoms with van der Waals surface area (Å²) in [6.45, 7) is 2.06. The van der Waals surface area contributed by atoms with Gasteiger partial charge in [-0.25, -0.2) is 4.39 Å². The topological polar surface area (TPSA) is 50.3 Å². The zero-order valence-corrected chi connectivity index (χ0v) is 12.6. The Morgan fingerprint density at radius 1 is 1.33 bits per heavy atom. The summed E-state index contributed by atoms with van der Waals surface area (Å²) in [5.74, 6) is -1.92. The highest BCUT2D eigenvalue weighted by atomic mass is 79.9. The Labute approximate surface area is 128 Å². The van der Waals surface area contributed by atoms with Crippen molar-refractivity contribution in [2.24, 2.45) is 0 Å². The van der Waals surface area contributed by atoms with Crippen LogP contribution in [0.5, 0.6) is 0 Å². The Kier molecular flexibility index (Phi) is 3.33. The number of nitrogens with zero attached hydrogens (tertiary/aromatic N) is 2. The van der Waals surface area contributed by atoms with E-state index in [0.29, 0.717) is 15.9 Å². The normalized spacial score (nSPS) is 13.8. The Hall–Kier alpha value is -2.08. The van der Waals surface area contributed by atoms with Gasteiger partial charge in [-0.15, -0.1) is 0 Å². The zero-order chi connectivity index (χ0) is 15.1. The Morgan fingerprint density at radius 3 is 2.81 bits per heavy atom. The lowest BCUT2D eigenvalue weighted by atomic mass is 10.1. The number of anilines is 1. The third-order valence-electron chi connectivity index (χ3n) is 3.41. The van der Waals surface area contributed by atoms with Crippen LogP contribution in [0.15, 0.2) is 34.9 Å². The minimum Gasteiger partial charge on any atom is -0.298 e. The first-order valence-electron chi connectivity index (χ1n) is 6.25. The van der Waals surface area contributed by atoms with Crippen molar-refractivity contribution in [3.05, 3.63) is 57.6 Å². The molecule has 0 atom stereocenters. The van der Waals surface area contributed by atoms with Crippen molar-refractivity contribution in [1.82, 2.24) is 4.98 Å². The highest BCUT2D eigenvalue weighted by Crippen LogP contribution is 2.37. The Balaban J connectivity index is 2.08. The molecule has 6 heteroatoms. The third kappa shape index (κ3) is 2.25. The summed E-state index contributed by atoms with van der Waals surface area (Å²) in [5.41, 5.74) is 2.10. The molecule has 0 radical (unpaired) electrons. The van der Waals surface area contributed by atoms with Gasteiger partial charge in [-0.3, -0.25) is 19.5 Å². The largest absolute Gasteiger partial charge is 0.299 e. The molecule has 2 heterocycles. The predicted octanol–water partition coefficient (Wildman–Crippen LogP) is 3.02. The summed E-state index contributed by atoms with van der Waals surface area (Å²) in [7, 11) is 0. The van der Waals surface area contributed by atoms with E-state index in [-0.39, 0.29) is 12.1 Å². The van der Waals surface area contributed by atoms with E-state index >= 15 is 0 Å². The summed E-state index contributed by atoms with van der Waals surface area (Å²) in [5, 5.41) is 0. The molecular formula is C15H10BrFN2O2. The number of ketones is 1. The van der Waals surface area contributed by atoms with Crippen molar-refractivity contribution in [3.63, 3.8) is 0 Å². The quantitative estimate of drug-likeness (QED) is 0.784. The molecule has 1 amide bonds. The number of amides is 1. The van der Waals surface area contributed by atoms with Gasteiger partial charge in [0, 0.05) is 10.7 Å². The van der Waals surface area contributed by atoms with Gasteiger partial charge >= 0.3 is 0 Å². The van der Waals surface area contributed by atoms with Crippen LogP contribution in [0.25, 0.3) is 0 Å². The molecule has 3 rings (SSSR count). The third-order valence-corrected chi connectivity index (χ3v) is 4.01. The molecule has 4 nitrogen and oxygen atoms in total. The maximum Gasteiger partial charge on any atom is 0.299 e. The molecule has 0 spiro atoms. The Morgan fingerprint density at radius 2 is 2.10 bits per heavy atom. The second-order valence-corrected chi connectivity index (χ2v) is 5.63. The van der Waals surface area contributed by atoms with Crippen molar-refractivity contribution in [2.75, 3.05) is 4.90 Å². The maximum absolute atomic E-state index is 13.4. The van der Waals surface area contributed by atoms with E-state index in [4.69, 9.17) is 0 Å². The first kappa shape index (κ1) is 13.9. The molecule has 0 saturated heterocycles. The lowest BCUT2D eigenvalue weighted by Gasteiger charge is -2.18. The van der Waals surface area contributed by atoms with Gasteiger partial charge in [0.25, 0.3) is 11.7 Å². The number of fused-ring (bicyclic) bond motifs is 1. The van der Waals surface area contributed by atoms with Gasteiger partial charge in [0.15, 0.2) is 0 Å². The van der Waals surface area contributed by atoms with Crippen molar-refractivity contribution in [3.8, 4) is 0 Å². The molecule has 106 valence electrons. The van der Waals surface area contributed by atoms with Crippen molar-refractivity contribution < 1.29 is 14.0 Å². The van der Waals surface area contributed by atoms with Gasteiger partial charge in [-0.2, -0.15) is 0 Å². The second kappa shape index (κ2) is 5.04. The van der Waals surface area contributed by atoms with E-state index in [9.17, 15) is 14.0 Å². The molecule has 2 aromatic rings. The molecule has 1 aliphatic heterocycles. The molecular weight excluding hydrogens is 339 g/mol. The van der Waals surface area contributed by atoms with Crippen molar-refractivity contribution in [2.45, 2.75) is 13.5 Å². The molecule has 0 bridgehead atoms. The number of Topliss-reactive ketones (excluding diaryl/α,β-unsaturated/α-hetero) is 1. The number of carbonyl (C=O) groups excluding carboxylic acids is 2. The summed E-state index contributed by atoms with van der Waals surface area (Å²) in [6.07, 6.45) is 1.63. The number of rotatable bonds is 2. The van der Waals surface area contributed by atoms with Crippen molar-refractivity contribution >= 4 is 33.3 Å². The lowest BCUT2D eigenvalue weighted by Crippen LogP contribution is -2.30. The molecule has 0 aliphatic carbocycles. The fourth-order valence-electron chi connectivity index (χ4n) is 2.34. The monoisotopic (exact) mass is 348 g/mol. The lowest BCUT2D eigenvalue weighted by molar-refractivity contribution is -0.114. The molecule has 1 aromatic heterocycles. The van der Waals surface area contributed by atoms with Crippen molar-refractivity contribution in [1.29, 1.82) is 0 Å². The number of halogens is 2. The molecule has 1 aliphatic rings. The molecule has 21 heavy (non-hydrogen) atoms. The SMILES string of the molecule is Cc1cccnc1CN1C(=O)C(=O)c2cc(F)cc(Br)c21. The zero-order valence-electron chi connectivity index (χ0n) is 11.1. The second-order valence-electron chi connectivity index (χ2n) is 4.77. The van der Waals surface area contributed by atoms with Gasteiger partial charge in [0.1, 0.15) is 5.82 Å². The van der Waals surface area contributed by atoms with Gasteiger partial charge in [0.2, 0.25) is 0 Å². The standard InChI is InChI=1S/C15H10BrFN2O2/c1-8-3-2-4-18-12(8)7-19-13-10(14(20)15(19)21)5-9(17)6-11(13)16/h2-6H,7H2,1H3. The van der Waals surface area contributed by atoms with Crippen LogP contribution in [0.2, 0.25) is 0 Å². The fourth-order valence-corrected chi connectivity index (χ4v) is 2.98. The first-order valence-corrected chi connectivity index (χ1v) is 7.04. The highest BCUT2D eigenvalue weighted by molar-refractivity contribution is 9.10. The minimum atomic E-state index is -0.696. The summed E-state index contributed by atoms with van der Waals surface area (Å²) in [6, 6.07) is 6.01. The van der Waals surface area contributed by atoms with Crippen LogP contribution in [0.4, 0.5) is 10.1 Å². The smallest absolute Gasteiger partial charge is 0.298 e. The molecule has 0 fully saturated rings. The molecule has 0 unspecified atom stereocenters. The fraction of sp³-hybridized carbons (Fsp3) is 0.133. The predicted molar refractivity (Wildman–Crippen MR) is 78.6 cm³/mol. The average molecular weight is 349 g/mol. The van der Waals surface area contributed by atoms with Crippen LogP contribution < -0.4 is 4.90 Å². The van der Waals surface area contributed by atoms with Gasteiger partial charge in [-0.1, -0.05) is 6.07 Å². The summed E-state index contributed by atoms with van der Waals surface area (Å²) in [4.78, 5) is 29.7. The van der Waals surface area contributed by atoms with Crippen LogP contribution in [0.1, 0.15) is 21.6 Å². The van der Waals surface area contributed by atoms with E-state index < -0.39 is 17.5 Å². The van der Waals surface area contributed by atoms with Crippen LogP contribution in [-0.2, 0) is 11.3 Å². The maximum atomic E-state index is 13.4. The van der Waals surface area contributed by atoms with Gasteiger partial charge < -0.3 is 0 Å². The van der Waals surface area contributed by atoms with Crippen LogP contribution in [0, 0.1) is 12.7 Å². The summed E-state index contributed by atoms with van der Waals surface area (Å²) < 4.78 is 13.8. The number of benzene rings is 1. The van der Waals surface area contributed by atoms with Crippen LogP contribution in [-0.4, -0.2) is 16.7 Å². The molecule has 0 saturated carbocycles. The van der Waals surface area contributed by atoms with E-state index in [2.05, 4.69) is 20.9 Å². The first-order chi connectivity index (χ1) is 9.99. The number of hydrogen-bond acceptors (Lipinski definition) is 3. The molecule has 1 aromatic carbocycles. The molecule has 0 N–H and O–H groups in total. The number of hydrogen-bond donors (Lipinski definition) is 0. The highest BCUT2D eigenvalue weighted by Gasteiger charge is 2.38.